The first-order valence-electron chi connectivity index (χ1n) is 8.56. The molecule has 3 nitrogen and oxygen atoms in total. The minimum absolute atomic E-state index is 0.0286. The molecule has 0 amide bonds. The van der Waals surface area contributed by atoms with E-state index in [0.29, 0.717) is 12.5 Å². The fourth-order valence-corrected chi connectivity index (χ4v) is 3.53. The largest absolute Gasteiger partial charge is 0.466 e. The van der Waals surface area contributed by atoms with Gasteiger partial charge >= 0.3 is 5.97 Å². The zero-order valence-electron chi connectivity index (χ0n) is 13.8. The Balaban J connectivity index is 1.67. The second-order valence-corrected chi connectivity index (χ2v) is 6.42. The highest BCUT2D eigenvalue weighted by molar-refractivity contribution is 5.87. The van der Waals surface area contributed by atoms with Crippen LogP contribution in [0.15, 0.2) is 60.8 Å². The Morgan fingerprint density at radius 2 is 1.88 bits per heavy atom. The smallest absolute Gasteiger partial charge is 0.309 e. The Morgan fingerprint density at radius 1 is 1.12 bits per heavy atom. The molecule has 0 saturated heterocycles. The lowest BCUT2D eigenvalue weighted by Crippen LogP contribution is -2.07. The molecule has 1 saturated carbocycles. The number of aromatic nitrogens is 1. The van der Waals surface area contributed by atoms with Gasteiger partial charge in [0.1, 0.15) is 0 Å². The van der Waals surface area contributed by atoms with E-state index < -0.39 is 0 Å². The van der Waals surface area contributed by atoms with Crippen LogP contribution in [-0.4, -0.2) is 17.1 Å². The predicted octanol–water partition coefficient (Wildman–Crippen LogP) is 4.36. The number of ether oxygens (including phenoxy) is 1. The van der Waals surface area contributed by atoms with Crippen LogP contribution in [0.1, 0.15) is 30.4 Å². The zero-order valence-corrected chi connectivity index (χ0v) is 13.8. The van der Waals surface area contributed by atoms with Crippen molar-refractivity contribution in [2.75, 3.05) is 6.61 Å². The van der Waals surface area contributed by atoms with E-state index in [1.165, 1.54) is 22.0 Å². The normalized spacial score (nSPS) is 19.4. The quantitative estimate of drug-likeness (QED) is 0.654. The lowest BCUT2D eigenvalue weighted by Gasteiger charge is -2.05. The van der Waals surface area contributed by atoms with Gasteiger partial charge in [-0.25, -0.2) is 0 Å². The molecule has 4 rings (SSSR count). The van der Waals surface area contributed by atoms with E-state index in [1.807, 2.05) is 13.0 Å². The third kappa shape index (κ3) is 2.71. The third-order valence-corrected chi connectivity index (χ3v) is 4.79. The number of carbonyl (C=O) groups is 1. The first kappa shape index (κ1) is 15.0. The molecule has 1 aliphatic carbocycles. The minimum atomic E-state index is -0.0533. The van der Waals surface area contributed by atoms with Crippen LogP contribution in [0.25, 0.3) is 10.9 Å². The molecule has 0 aliphatic heterocycles. The number of fused-ring (bicyclic) bond motifs is 1. The molecule has 0 N–H and O–H groups in total. The van der Waals surface area contributed by atoms with Crippen molar-refractivity contribution in [3.05, 3.63) is 71.9 Å². The number of hydrogen-bond donors (Lipinski definition) is 0. The average molecular weight is 319 g/mol. The van der Waals surface area contributed by atoms with Crippen molar-refractivity contribution in [2.45, 2.75) is 25.8 Å². The van der Waals surface area contributed by atoms with Gasteiger partial charge in [0.2, 0.25) is 0 Å². The van der Waals surface area contributed by atoms with Crippen molar-refractivity contribution < 1.29 is 9.53 Å². The summed E-state index contributed by atoms with van der Waals surface area (Å²) in [4.78, 5) is 12.0. The maximum atomic E-state index is 12.0. The molecule has 2 atom stereocenters. The minimum Gasteiger partial charge on any atom is -0.466 e. The van der Waals surface area contributed by atoms with Gasteiger partial charge in [-0.3, -0.25) is 4.79 Å². The zero-order chi connectivity index (χ0) is 16.5. The molecular formula is C21H21NO2. The van der Waals surface area contributed by atoms with E-state index >= 15 is 0 Å². The van der Waals surface area contributed by atoms with Gasteiger partial charge in [-0.15, -0.1) is 0 Å². The van der Waals surface area contributed by atoms with E-state index in [4.69, 9.17) is 4.74 Å². The molecule has 1 fully saturated rings. The van der Waals surface area contributed by atoms with Gasteiger partial charge in [-0.2, -0.15) is 0 Å². The average Bonchev–Trinajstić information content (AvgIpc) is 3.33. The van der Waals surface area contributed by atoms with Crippen molar-refractivity contribution in [3.63, 3.8) is 0 Å². The first-order valence-corrected chi connectivity index (χ1v) is 8.56. The highest BCUT2D eigenvalue weighted by atomic mass is 16.5. The van der Waals surface area contributed by atoms with Gasteiger partial charge in [0.25, 0.3) is 0 Å². The first-order chi connectivity index (χ1) is 11.8. The predicted molar refractivity (Wildman–Crippen MR) is 95.0 cm³/mol. The van der Waals surface area contributed by atoms with Crippen molar-refractivity contribution in [2.24, 2.45) is 5.92 Å². The summed E-state index contributed by atoms with van der Waals surface area (Å²) < 4.78 is 7.48. The van der Waals surface area contributed by atoms with Gasteiger partial charge in [0.15, 0.2) is 0 Å². The highest BCUT2D eigenvalue weighted by Gasteiger charge is 2.46. The number of nitrogens with zero attached hydrogens (tertiary/aromatic N) is 1. The van der Waals surface area contributed by atoms with Gasteiger partial charge in [0, 0.05) is 29.6 Å². The lowest BCUT2D eigenvalue weighted by molar-refractivity contribution is -0.144. The van der Waals surface area contributed by atoms with Crippen LogP contribution in [0, 0.1) is 5.92 Å². The molecule has 3 aromatic rings. The van der Waals surface area contributed by atoms with Crippen molar-refractivity contribution in [3.8, 4) is 0 Å². The Morgan fingerprint density at radius 3 is 2.67 bits per heavy atom. The summed E-state index contributed by atoms with van der Waals surface area (Å²) in [7, 11) is 0. The molecule has 0 radical (unpaired) electrons. The van der Waals surface area contributed by atoms with Crippen molar-refractivity contribution >= 4 is 16.9 Å². The van der Waals surface area contributed by atoms with Gasteiger partial charge in [-0.05, 0) is 30.5 Å². The SMILES string of the molecule is CCOC(=O)C1CC1c1cn(Cc2ccccc2)c2ccccc12. The van der Waals surface area contributed by atoms with Gasteiger partial charge < -0.3 is 9.30 Å². The number of esters is 1. The fourth-order valence-electron chi connectivity index (χ4n) is 3.53. The van der Waals surface area contributed by atoms with Crippen LogP contribution >= 0.6 is 0 Å². The highest BCUT2D eigenvalue weighted by Crippen LogP contribution is 2.50. The second kappa shape index (κ2) is 6.16. The molecule has 0 bridgehead atoms. The summed E-state index contributed by atoms with van der Waals surface area (Å²) in [5.41, 5.74) is 3.79. The maximum absolute atomic E-state index is 12.0. The topological polar surface area (TPSA) is 31.2 Å². The Labute approximate surface area is 141 Å². The van der Waals surface area contributed by atoms with Crippen molar-refractivity contribution in [1.29, 1.82) is 0 Å². The molecule has 24 heavy (non-hydrogen) atoms. The monoisotopic (exact) mass is 319 g/mol. The maximum Gasteiger partial charge on any atom is 0.309 e. The Kier molecular flexibility index (Phi) is 3.85. The molecule has 1 aliphatic rings. The molecule has 3 heteroatoms. The Bertz CT molecular complexity index is 866. The van der Waals surface area contributed by atoms with Crippen LogP contribution in [0.5, 0.6) is 0 Å². The summed E-state index contributed by atoms with van der Waals surface area (Å²) in [6.45, 7) is 3.16. The van der Waals surface area contributed by atoms with E-state index in [0.717, 1.165) is 13.0 Å². The van der Waals surface area contributed by atoms with E-state index in [1.54, 1.807) is 0 Å². The van der Waals surface area contributed by atoms with Crippen LogP contribution < -0.4 is 0 Å². The summed E-state index contributed by atoms with van der Waals surface area (Å²) in [5.74, 6) is 0.272. The molecule has 0 spiro atoms. The molecular weight excluding hydrogens is 298 g/mol. The van der Waals surface area contributed by atoms with Crippen molar-refractivity contribution in [1.82, 2.24) is 4.57 Å². The fraction of sp³-hybridized carbons (Fsp3) is 0.286. The van der Waals surface area contributed by atoms with Gasteiger partial charge in [-0.1, -0.05) is 48.5 Å². The molecule has 2 aromatic carbocycles. The van der Waals surface area contributed by atoms with E-state index in [9.17, 15) is 4.79 Å². The van der Waals surface area contributed by atoms with Crippen LogP contribution in [0.2, 0.25) is 0 Å². The summed E-state index contributed by atoms with van der Waals surface area (Å²) in [6, 6.07) is 18.9. The molecule has 1 heterocycles. The molecule has 2 unspecified atom stereocenters. The molecule has 1 aromatic heterocycles. The van der Waals surface area contributed by atoms with E-state index in [-0.39, 0.29) is 11.9 Å². The van der Waals surface area contributed by atoms with Crippen LogP contribution in [0.3, 0.4) is 0 Å². The van der Waals surface area contributed by atoms with E-state index in [2.05, 4.69) is 59.3 Å². The van der Waals surface area contributed by atoms with Crippen LogP contribution in [0.4, 0.5) is 0 Å². The number of carbonyl (C=O) groups excluding carboxylic acids is 1. The summed E-state index contributed by atoms with van der Waals surface area (Å²) in [5, 5.41) is 1.25. The number of benzene rings is 2. The third-order valence-electron chi connectivity index (χ3n) is 4.79. The number of hydrogen-bond acceptors (Lipinski definition) is 2. The lowest BCUT2D eigenvalue weighted by atomic mass is 10.1. The number of rotatable bonds is 5. The summed E-state index contributed by atoms with van der Waals surface area (Å²) in [6.07, 6.45) is 3.12. The van der Waals surface area contributed by atoms with Gasteiger partial charge in [0.05, 0.1) is 12.5 Å². The standard InChI is InChI=1S/C21H21NO2/c1-2-24-21(23)18-12-17(18)19-14-22(13-15-8-4-3-5-9-15)20-11-7-6-10-16(19)20/h3-11,14,17-18H,2,12-13H2,1H3. The summed E-state index contributed by atoms with van der Waals surface area (Å²) >= 11 is 0. The Hall–Kier alpha value is -2.55. The second-order valence-electron chi connectivity index (χ2n) is 6.42. The molecule has 122 valence electrons. The van der Waals surface area contributed by atoms with Crippen LogP contribution in [-0.2, 0) is 16.1 Å². The number of para-hydroxylation sites is 1.